The van der Waals surface area contributed by atoms with Gasteiger partial charge in [-0.3, -0.25) is 9.69 Å². The minimum absolute atomic E-state index is 0.0232. The molecular weight excluding hydrogens is 332 g/mol. The summed E-state index contributed by atoms with van der Waals surface area (Å²) in [7, 11) is 0. The average Bonchev–Trinajstić information content (AvgIpc) is 2.63. The van der Waals surface area contributed by atoms with Gasteiger partial charge in [0.15, 0.2) is 0 Å². The van der Waals surface area contributed by atoms with Crippen LogP contribution < -0.4 is 5.32 Å². The molecule has 2 aromatic carbocycles. The Hall–Kier alpha value is -2.10. The van der Waals surface area contributed by atoms with Crippen molar-refractivity contribution < 1.29 is 4.79 Å². The molecule has 3 rings (SSSR count). The molecule has 0 spiro atoms. The number of amides is 1. The quantitative estimate of drug-likeness (QED) is 0.867. The van der Waals surface area contributed by atoms with Crippen molar-refractivity contribution in [1.82, 2.24) is 10.2 Å². The number of halogens is 1. The Balaban J connectivity index is 1.51. The molecular formula is C21H23ClN2O. The van der Waals surface area contributed by atoms with Gasteiger partial charge in [0.25, 0.3) is 0 Å². The number of benzene rings is 2. The fourth-order valence-electron chi connectivity index (χ4n) is 3.09. The zero-order chi connectivity index (χ0) is 17.6. The highest BCUT2D eigenvalue weighted by atomic mass is 35.5. The molecule has 1 aliphatic heterocycles. The molecule has 130 valence electrons. The van der Waals surface area contributed by atoms with Gasteiger partial charge in [-0.2, -0.15) is 0 Å². The molecule has 2 aromatic rings. The summed E-state index contributed by atoms with van der Waals surface area (Å²) in [5.74, 6) is 0.0546. The van der Waals surface area contributed by atoms with Crippen LogP contribution in [0.2, 0.25) is 5.02 Å². The van der Waals surface area contributed by atoms with Crippen molar-refractivity contribution in [3.8, 4) is 0 Å². The van der Waals surface area contributed by atoms with Crippen LogP contribution in [0.4, 0.5) is 0 Å². The maximum absolute atomic E-state index is 12.3. The average molecular weight is 355 g/mol. The standard InChI is InChI=1S/C21H23ClN2O/c1-16(17-7-9-20(22)10-8-17)23-21(25)15-24-13-11-19(12-14-24)18-5-3-2-4-6-18/h2-11,16H,12-15H2,1H3,(H,23,25)/t16-/m0/s1. The molecule has 1 aliphatic rings. The Kier molecular flexibility index (Phi) is 5.90. The van der Waals surface area contributed by atoms with Crippen molar-refractivity contribution >= 4 is 23.1 Å². The van der Waals surface area contributed by atoms with Crippen LogP contribution >= 0.6 is 11.6 Å². The van der Waals surface area contributed by atoms with Gasteiger partial charge in [0.2, 0.25) is 5.91 Å². The van der Waals surface area contributed by atoms with Gasteiger partial charge in [-0.1, -0.05) is 60.1 Å². The Morgan fingerprint density at radius 1 is 1.16 bits per heavy atom. The highest BCUT2D eigenvalue weighted by Gasteiger charge is 2.17. The zero-order valence-electron chi connectivity index (χ0n) is 14.4. The molecule has 0 bridgehead atoms. The summed E-state index contributed by atoms with van der Waals surface area (Å²) in [6.07, 6.45) is 3.21. The Morgan fingerprint density at radius 2 is 1.88 bits per heavy atom. The highest BCUT2D eigenvalue weighted by Crippen LogP contribution is 2.22. The summed E-state index contributed by atoms with van der Waals surface area (Å²) in [5.41, 5.74) is 3.71. The SMILES string of the molecule is C[C@H](NC(=O)CN1CC=C(c2ccccc2)CC1)c1ccc(Cl)cc1. The van der Waals surface area contributed by atoms with Crippen molar-refractivity contribution in [1.29, 1.82) is 0 Å². The van der Waals surface area contributed by atoms with Crippen LogP contribution in [0.5, 0.6) is 0 Å². The van der Waals surface area contributed by atoms with Crippen LogP contribution in [-0.4, -0.2) is 30.4 Å². The van der Waals surface area contributed by atoms with E-state index in [-0.39, 0.29) is 11.9 Å². The first-order chi connectivity index (χ1) is 12.1. The van der Waals surface area contributed by atoms with E-state index in [9.17, 15) is 4.79 Å². The van der Waals surface area contributed by atoms with E-state index in [4.69, 9.17) is 11.6 Å². The molecule has 0 saturated carbocycles. The predicted molar refractivity (Wildman–Crippen MR) is 103 cm³/mol. The van der Waals surface area contributed by atoms with Crippen LogP contribution in [0.1, 0.15) is 30.5 Å². The number of hydrogen-bond donors (Lipinski definition) is 1. The third-order valence-corrected chi connectivity index (χ3v) is 4.80. The predicted octanol–water partition coefficient (Wildman–Crippen LogP) is 4.31. The second-order valence-electron chi connectivity index (χ2n) is 6.42. The summed E-state index contributed by atoms with van der Waals surface area (Å²) >= 11 is 5.91. The van der Waals surface area contributed by atoms with Gasteiger partial charge in [-0.15, -0.1) is 0 Å². The first-order valence-electron chi connectivity index (χ1n) is 8.63. The molecule has 1 N–H and O–H groups in total. The molecule has 1 amide bonds. The molecule has 1 heterocycles. The van der Waals surface area contributed by atoms with Gasteiger partial charge in [0, 0.05) is 18.1 Å². The topological polar surface area (TPSA) is 32.3 Å². The molecule has 4 heteroatoms. The van der Waals surface area contributed by atoms with Gasteiger partial charge >= 0.3 is 0 Å². The number of carbonyl (C=O) groups excluding carboxylic acids is 1. The van der Waals surface area contributed by atoms with Crippen LogP contribution in [0.3, 0.4) is 0 Å². The van der Waals surface area contributed by atoms with Crippen molar-refractivity contribution in [3.05, 3.63) is 76.8 Å². The van der Waals surface area contributed by atoms with Crippen LogP contribution in [0, 0.1) is 0 Å². The number of carbonyl (C=O) groups is 1. The van der Waals surface area contributed by atoms with E-state index in [2.05, 4.69) is 40.6 Å². The van der Waals surface area contributed by atoms with Gasteiger partial charge in [-0.25, -0.2) is 0 Å². The maximum atomic E-state index is 12.3. The monoisotopic (exact) mass is 354 g/mol. The lowest BCUT2D eigenvalue weighted by molar-refractivity contribution is -0.122. The van der Waals surface area contributed by atoms with E-state index < -0.39 is 0 Å². The van der Waals surface area contributed by atoms with Crippen LogP contribution in [-0.2, 0) is 4.79 Å². The number of hydrogen-bond acceptors (Lipinski definition) is 2. The lowest BCUT2D eigenvalue weighted by Crippen LogP contribution is -2.40. The first kappa shape index (κ1) is 17.7. The highest BCUT2D eigenvalue weighted by molar-refractivity contribution is 6.30. The molecule has 0 radical (unpaired) electrons. The van der Waals surface area contributed by atoms with Gasteiger partial charge < -0.3 is 5.32 Å². The van der Waals surface area contributed by atoms with Crippen molar-refractivity contribution in [2.24, 2.45) is 0 Å². The second kappa shape index (κ2) is 8.32. The van der Waals surface area contributed by atoms with E-state index in [1.54, 1.807) is 0 Å². The number of nitrogens with zero attached hydrogens (tertiary/aromatic N) is 1. The van der Waals surface area contributed by atoms with E-state index in [0.29, 0.717) is 11.6 Å². The molecule has 0 aliphatic carbocycles. The minimum Gasteiger partial charge on any atom is -0.348 e. The Bertz CT molecular complexity index is 740. The van der Waals surface area contributed by atoms with Crippen molar-refractivity contribution in [2.45, 2.75) is 19.4 Å². The molecule has 0 unspecified atom stereocenters. The van der Waals surface area contributed by atoms with Gasteiger partial charge in [-0.05, 0) is 42.2 Å². The van der Waals surface area contributed by atoms with Crippen LogP contribution in [0.25, 0.3) is 5.57 Å². The Labute approximate surface area is 154 Å². The summed E-state index contributed by atoms with van der Waals surface area (Å²) in [6.45, 7) is 4.14. The van der Waals surface area contributed by atoms with Crippen molar-refractivity contribution in [3.63, 3.8) is 0 Å². The lowest BCUT2D eigenvalue weighted by atomic mass is 9.99. The number of rotatable bonds is 5. The maximum Gasteiger partial charge on any atom is 0.234 e. The normalized spacial score (nSPS) is 16.2. The van der Waals surface area contributed by atoms with Crippen LogP contribution in [0.15, 0.2) is 60.7 Å². The van der Waals surface area contributed by atoms with E-state index in [1.165, 1.54) is 11.1 Å². The summed E-state index contributed by atoms with van der Waals surface area (Å²) in [5, 5.41) is 3.77. The lowest BCUT2D eigenvalue weighted by Gasteiger charge is -2.26. The van der Waals surface area contributed by atoms with E-state index in [1.807, 2.05) is 37.3 Å². The van der Waals surface area contributed by atoms with E-state index >= 15 is 0 Å². The third-order valence-electron chi connectivity index (χ3n) is 4.55. The van der Waals surface area contributed by atoms with E-state index in [0.717, 1.165) is 25.1 Å². The molecule has 0 fully saturated rings. The molecule has 1 atom stereocenters. The minimum atomic E-state index is -0.0232. The Morgan fingerprint density at radius 3 is 2.52 bits per heavy atom. The third kappa shape index (κ3) is 4.94. The van der Waals surface area contributed by atoms with Gasteiger partial charge in [0.1, 0.15) is 0 Å². The smallest absolute Gasteiger partial charge is 0.234 e. The summed E-state index contributed by atoms with van der Waals surface area (Å²) in [6, 6.07) is 18.0. The fraction of sp³-hybridized carbons (Fsp3) is 0.286. The molecule has 25 heavy (non-hydrogen) atoms. The fourth-order valence-corrected chi connectivity index (χ4v) is 3.22. The number of nitrogens with one attached hydrogen (secondary N) is 1. The largest absolute Gasteiger partial charge is 0.348 e. The zero-order valence-corrected chi connectivity index (χ0v) is 15.2. The van der Waals surface area contributed by atoms with Crippen molar-refractivity contribution in [2.75, 3.05) is 19.6 Å². The molecule has 0 aromatic heterocycles. The van der Waals surface area contributed by atoms with Gasteiger partial charge in [0.05, 0.1) is 12.6 Å². The first-order valence-corrected chi connectivity index (χ1v) is 9.01. The summed E-state index contributed by atoms with van der Waals surface area (Å²) in [4.78, 5) is 14.5. The molecule has 0 saturated heterocycles. The second-order valence-corrected chi connectivity index (χ2v) is 6.86. The summed E-state index contributed by atoms with van der Waals surface area (Å²) < 4.78 is 0. The molecule has 3 nitrogen and oxygen atoms in total.